The molecular weight excluding hydrogens is 364 g/mol. The molecule has 7 heteroatoms. The summed E-state index contributed by atoms with van der Waals surface area (Å²) in [5.41, 5.74) is 0.300. The fraction of sp³-hybridized carbons (Fsp3) is 0.714. The number of hydrogen-bond donors (Lipinski definition) is 0. The second-order valence-electron chi connectivity index (χ2n) is 8.41. The lowest BCUT2D eigenvalue weighted by Gasteiger charge is -2.36. The highest BCUT2D eigenvalue weighted by atomic mass is 16.7. The minimum Gasteiger partial charge on any atom is -0.461 e. The second-order valence-corrected chi connectivity index (χ2v) is 8.41. The molecule has 0 aromatic carbocycles. The topological polar surface area (TPSA) is 80.3 Å². The predicted octanol–water partition coefficient (Wildman–Crippen LogP) is 2.54. The summed E-state index contributed by atoms with van der Waals surface area (Å²) in [6.07, 6.45) is 1.12. The van der Waals surface area contributed by atoms with Crippen LogP contribution in [0.4, 0.5) is 0 Å². The molecule has 0 amide bonds. The Bertz CT molecular complexity index is 712. The van der Waals surface area contributed by atoms with Crippen LogP contribution in [0, 0.1) is 11.8 Å². The van der Waals surface area contributed by atoms with Gasteiger partial charge < -0.3 is 23.7 Å². The van der Waals surface area contributed by atoms with Gasteiger partial charge in [-0.15, -0.1) is 0 Å². The average molecular weight is 394 g/mol. The van der Waals surface area contributed by atoms with E-state index in [0.717, 1.165) is 5.57 Å². The van der Waals surface area contributed by atoms with Crippen molar-refractivity contribution in [3.63, 3.8) is 0 Å². The Labute approximate surface area is 166 Å². The molecule has 0 N–H and O–H groups in total. The quantitative estimate of drug-likeness (QED) is 0.412. The van der Waals surface area contributed by atoms with Gasteiger partial charge in [-0.3, -0.25) is 4.79 Å². The Morgan fingerprint density at radius 3 is 2.57 bits per heavy atom. The van der Waals surface area contributed by atoms with Gasteiger partial charge in [0.1, 0.15) is 12.2 Å². The van der Waals surface area contributed by atoms with Crippen LogP contribution in [0.2, 0.25) is 0 Å². The Balaban J connectivity index is 2.10. The van der Waals surface area contributed by atoms with Crippen molar-refractivity contribution in [3.8, 4) is 0 Å². The van der Waals surface area contributed by atoms with Crippen molar-refractivity contribution in [2.45, 2.75) is 70.2 Å². The van der Waals surface area contributed by atoms with Gasteiger partial charge >= 0.3 is 11.9 Å². The SMILES string of the molecule is C=C1C(=O)O[C@@H]2/C=C(/C)[C@@]3(OC)C[C@@H](OC)[C@@](C)(C[C@@H](OC(=O)C(C)C)[C@@H]12)O3. The van der Waals surface area contributed by atoms with Crippen molar-refractivity contribution in [1.82, 2.24) is 0 Å². The van der Waals surface area contributed by atoms with E-state index >= 15 is 0 Å². The molecule has 3 rings (SSSR count). The molecule has 0 unspecified atom stereocenters. The molecule has 0 saturated carbocycles. The maximum atomic E-state index is 12.4. The van der Waals surface area contributed by atoms with Gasteiger partial charge in [0.25, 0.3) is 0 Å². The Morgan fingerprint density at radius 2 is 2.00 bits per heavy atom. The number of fused-ring (bicyclic) bond motifs is 3. The first-order valence-electron chi connectivity index (χ1n) is 9.64. The lowest BCUT2D eigenvalue weighted by molar-refractivity contribution is -0.223. The van der Waals surface area contributed by atoms with Gasteiger partial charge in [0.15, 0.2) is 5.79 Å². The third-order valence-electron chi connectivity index (χ3n) is 6.17. The van der Waals surface area contributed by atoms with Crippen LogP contribution in [0.25, 0.3) is 0 Å². The second kappa shape index (κ2) is 7.28. The van der Waals surface area contributed by atoms with Crippen LogP contribution in [0.15, 0.2) is 23.8 Å². The third-order valence-corrected chi connectivity index (χ3v) is 6.17. The number of rotatable bonds is 4. The zero-order chi connectivity index (χ0) is 20.9. The number of carbonyl (C=O) groups excluding carboxylic acids is 2. The van der Waals surface area contributed by atoms with E-state index in [4.69, 9.17) is 23.7 Å². The molecule has 3 aliphatic rings. The minimum atomic E-state index is -0.993. The molecule has 28 heavy (non-hydrogen) atoms. The van der Waals surface area contributed by atoms with Crippen LogP contribution in [0.1, 0.15) is 40.5 Å². The standard InChI is InChI=1S/C21H30O7/c1-11(2)18(22)27-15-9-20(5)16(24-6)10-21(25-7,28-20)12(3)8-14-17(15)13(4)19(23)26-14/h8,11,14-17H,4,9-10H2,1-3,5-7H3/b12-8-/t14-,15-,16-,17+,20-,21-/m1/s1. The summed E-state index contributed by atoms with van der Waals surface area (Å²) < 4.78 is 29.3. The summed E-state index contributed by atoms with van der Waals surface area (Å²) in [4.78, 5) is 24.7. The largest absolute Gasteiger partial charge is 0.461 e. The zero-order valence-electron chi connectivity index (χ0n) is 17.4. The lowest BCUT2D eigenvalue weighted by Crippen LogP contribution is -2.45. The maximum Gasteiger partial charge on any atom is 0.334 e. The van der Waals surface area contributed by atoms with Crippen LogP contribution >= 0.6 is 0 Å². The fourth-order valence-corrected chi connectivity index (χ4v) is 4.46. The number of hydrogen-bond acceptors (Lipinski definition) is 7. The van der Waals surface area contributed by atoms with Crippen molar-refractivity contribution >= 4 is 11.9 Å². The molecule has 0 aromatic rings. The molecule has 0 aromatic heterocycles. The first-order valence-corrected chi connectivity index (χ1v) is 9.64. The number of carbonyl (C=O) groups is 2. The molecule has 156 valence electrons. The van der Waals surface area contributed by atoms with Crippen molar-refractivity contribution in [1.29, 1.82) is 0 Å². The number of esters is 2. The highest BCUT2D eigenvalue weighted by Gasteiger charge is 2.59. The summed E-state index contributed by atoms with van der Waals surface area (Å²) in [6.45, 7) is 11.3. The monoisotopic (exact) mass is 394 g/mol. The van der Waals surface area contributed by atoms with Gasteiger partial charge in [-0.1, -0.05) is 20.4 Å². The summed E-state index contributed by atoms with van der Waals surface area (Å²) in [7, 11) is 3.21. The number of methoxy groups -OCH3 is 2. The third kappa shape index (κ3) is 3.29. The van der Waals surface area contributed by atoms with E-state index in [2.05, 4.69) is 6.58 Å². The maximum absolute atomic E-state index is 12.4. The van der Waals surface area contributed by atoms with Crippen LogP contribution in [0.5, 0.6) is 0 Å². The summed E-state index contributed by atoms with van der Waals surface area (Å²) in [6, 6.07) is 0. The van der Waals surface area contributed by atoms with Crippen molar-refractivity contribution in [3.05, 3.63) is 23.8 Å². The Hall–Kier alpha value is -1.70. The van der Waals surface area contributed by atoms with Crippen LogP contribution < -0.4 is 0 Å². The van der Waals surface area contributed by atoms with Gasteiger partial charge in [0, 0.05) is 32.6 Å². The van der Waals surface area contributed by atoms with E-state index < -0.39 is 35.5 Å². The van der Waals surface area contributed by atoms with Gasteiger partial charge in [-0.05, 0) is 25.5 Å². The van der Waals surface area contributed by atoms with Gasteiger partial charge in [-0.2, -0.15) is 0 Å². The highest BCUT2D eigenvalue weighted by Crippen LogP contribution is 2.50. The molecule has 7 nitrogen and oxygen atoms in total. The molecule has 3 aliphatic heterocycles. The molecular formula is C21H30O7. The zero-order valence-corrected chi connectivity index (χ0v) is 17.4. The van der Waals surface area contributed by atoms with Gasteiger partial charge in [-0.25, -0.2) is 4.79 Å². The van der Waals surface area contributed by atoms with Crippen molar-refractivity contribution in [2.75, 3.05) is 14.2 Å². The minimum absolute atomic E-state index is 0.279. The Kier molecular flexibility index (Phi) is 5.47. The predicted molar refractivity (Wildman–Crippen MR) is 100 cm³/mol. The Morgan fingerprint density at radius 1 is 1.32 bits per heavy atom. The van der Waals surface area contributed by atoms with Crippen molar-refractivity contribution in [2.24, 2.45) is 11.8 Å². The molecule has 2 saturated heterocycles. The molecule has 0 aliphatic carbocycles. The van der Waals surface area contributed by atoms with Gasteiger partial charge in [0.05, 0.1) is 23.5 Å². The van der Waals surface area contributed by atoms with Crippen LogP contribution in [0.3, 0.4) is 0 Å². The summed E-state index contributed by atoms with van der Waals surface area (Å²) in [5, 5.41) is 0. The lowest BCUT2D eigenvalue weighted by atomic mass is 9.80. The fourth-order valence-electron chi connectivity index (χ4n) is 4.46. The highest BCUT2D eigenvalue weighted by molar-refractivity contribution is 5.91. The van der Waals surface area contributed by atoms with E-state index in [1.807, 2.05) is 19.9 Å². The summed E-state index contributed by atoms with van der Waals surface area (Å²) >= 11 is 0. The van der Waals surface area contributed by atoms with E-state index in [0.29, 0.717) is 18.4 Å². The van der Waals surface area contributed by atoms with E-state index in [1.54, 1.807) is 28.1 Å². The van der Waals surface area contributed by atoms with Gasteiger partial charge in [0.2, 0.25) is 0 Å². The van der Waals surface area contributed by atoms with Crippen LogP contribution in [-0.2, 0) is 33.3 Å². The van der Waals surface area contributed by atoms with Crippen LogP contribution in [-0.4, -0.2) is 55.9 Å². The normalized spacial score (nSPS) is 42.2. The molecule has 3 heterocycles. The first-order chi connectivity index (χ1) is 13.1. The molecule has 2 fully saturated rings. The van der Waals surface area contributed by atoms with E-state index in [-0.39, 0.29) is 18.0 Å². The van der Waals surface area contributed by atoms with E-state index in [1.165, 1.54) is 0 Å². The molecule has 0 radical (unpaired) electrons. The van der Waals surface area contributed by atoms with E-state index in [9.17, 15) is 9.59 Å². The average Bonchev–Trinajstić information content (AvgIpc) is 3.08. The molecule has 6 atom stereocenters. The molecule has 2 bridgehead atoms. The van der Waals surface area contributed by atoms with Crippen molar-refractivity contribution < 1.29 is 33.3 Å². The first kappa shape index (κ1) is 21.0. The molecule has 0 spiro atoms. The smallest absolute Gasteiger partial charge is 0.334 e. The summed E-state index contributed by atoms with van der Waals surface area (Å²) in [5.74, 6) is -2.60. The number of ether oxygens (including phenoxy) is 5.